The lowest BCUT2D eigenvalue weighted by atomic mass is 9.86. The first-order chi connectivity index (χ1) is 11.4. The lowest BCUT2D eigenvalue weighted by Gasteiger charge is -2.49. The number of anilines is 1. The number of likely N-dealkylation sites (tertiary alicyclic amines) is 1. The van der Waals surface area contributed by atoms with Gasteiger partial charge in [0.1, 0.15) is 0 Å². The van der Waals surface area contributed by atoms with Gasteiger partial charge in [-0.15, -0.1) is 0 Å². The molecule has 2 aliphatic rings. The van der Waals surface area contributed by atoms with Gasteiger partial charge in [0, 0.05) is 56.1 Å². The fourth-order valence-electron chi connectivity index (χ4n) is 4.05. The molecule has 2 saturated heterocycles. The van der Waals surface area contributed by atoms with Gasteiger partial charge in [0.15, 0.2) is 0 Å². The van der Waals surface area contributed by atoms with Crippen molar-refractivity contribution in [2.75, 3.05) is 44.7 Å². The number of aromatic nitrogens is 2. The molecular formula is C18H29N5O. The Kier molecular flexibility index (Phi) is 4.76. The summed E-state index contributed by atoms with van der Waals surface area (Å²) < 4.78 is 0. The van der Waals surface area contributed by atoms with Crippen LogP contribution in [0.2, 0.25) is 0 Å². The van der Waals surface area contributed by atoms with E-state index in [1.165, 1.54) is 0 Å². The summed E-state index contributed by atoms with van der Waals surface area (Å²) in [7, 11) is 2.20. The molecule has 2 fully saturated rings. The molecule has 1 amide bonds. The fourth-order valence-corrected chi connectivity index (χ4v) is 4.05. The van der Waals surface area contributed by atoms with E-state index in [0.717, 1.165) is 62.9 Å². The molecular weight excluding hydrogens is 302 g/mol. The smallest absolute Gasteiger partial charge is 0.225 e. The van der Waals surface area contributed by atoms with Gasteiger partial charge in [-0.3, -0.25) is 9.69 Å². The number of carbonyl (C=O) groups is 1. The van der Waals surface area contributed by atoms with Crippen molar-refractivity contribution in [3.05, 3.63) is 17.5 Å². The standard InChI is InChI=1S/C18H29N5O/c1-5-22-9-8-18(7-6-16(22)24)13-23(11-10-21(18)4)17-19-14(2)12-15(3)20-17/h12H,5-11,13H2,1-4H3/t18-/m1/s1. The Morgan fingerprint density at radius 2 is 1.83 bits per heavy atom. The number of likely N-dealkylation sites (N-methyl/N-ethyl adjacent to an activating group) is 1. The Morgan fingerprint density at radius 1 is 1.12 bits per heavy atom. The molecule has 0 saturated carbocycles. The minimum absolute atomic E-state index is 0.0405. The van der Waals surface area contributed by atoms with Crippen molar-refractivity contribution in [1.82, 2.24) is 19.8 Å². The third-order valence-corrected chi connectivity index (χ3v) is 5.64. The van der Waals surface area contributed by atoms with Crippen molar-refractivity contribution in [2.24, 2.45) is 0 Å². The minimum atomic E-state index is 0.0405. The first kappa shape index (κ1) is 17.1. The van der Waals surface area contributed by atoms with Gasteiger partial charge >= 0.3 is 0 Å². The predicted octanol–water partition coefficient (Wildman–Crippen LogP) is 1.62. The number of nitrogens with zero attached hydrogens (tertiary/aromatic N) is 5. The molecule has 1 atom stereocenters. The number of piperazine rings is 1. The molecule has 6 heteroatoms. The molecule has 0 radical (unpaired) electrons. The summed E-state index contributed by atoms with van der Waals surface area (Å²) in [4.78, 5) is 28.3. The topological polar surface area (TPSA) is 52.6 Å². The van der Waals surface area contributed by atoms with Crippen LogP contribution in [0.3, 0.4) is 0 Å². The highest BCUT2D eigenvalue weighted by atomic mass is 16.2. The molecule has 0 aromatic carbocycles. The van der Waals surface area contributed by atoms with Crippen LogP contribution < -0.4 is 4.90 Å². The molecule has 2 aliphatic heterocycles. The maximum absolute atomic E-state index is 12.3. The summed E-state index contributed by atoms with van der Waals surface area (Å²) in [6.07, 6.45) is 2.57. The van der Waals surface area contributed by atoms with E-state index in [0.29, 0.717) is 12.3 Å². The lowest BCUT2D eigenvalue weighted by molar-refractivity contribution is -0.130. The number of hydrogen-bond acceptors (Lipinski definition) is 5. The van der Waals surface area contributed by atoms with E-state index in [1.807, 2.05) is 24.8 Å². The Morgan fingerprint density at radius 3 is 2.50 bits per heavy atom. The van der Waals surface area contributed by atoms with E-state index in [1.54, 1.807) is 0 Å². The van der Waals surface area contributed by atoms with Gasteiger partial charge in [-0.1, -0.05) is 0 Å². The Balaban J connectivity index is 1.84. The molecule has 24 heavy (non-hydrogen) atoms. The van der Waals surface area contributed by atoms with E-state index in [4.69, 9.17) is 0 Å². The van der Waals surface area contributed by atoms with E-state index >= 15 is 0 Å². The zero-order chi connectivity index (χ0) is 17.3. The molecule has 1 aromatic heterocycles. The maximum Gasteiger partial charge on any atom is 0.225 e. The molecule has 1 spiro atoms. The predicted molar refractivity (Wildman–Crippen MR) is 95.2 cm³/mol. The SMILES string of the molecule is CCN1CC[C@]2(CCC1=O)CN(c1nc(C)cc(C)n1)CCN2C. The third kappa shape index (κ3) is 3.24. The summed E-state index contributed by atoms with van der Waals surface area (Å²) in [5, 5.41) is 0. The van der Waals surface area contributed by atoms with Gasteiger partial charge in [-0.05, 0) is 46.7 Å². The molecule has 3 rings (SSSR count). The highest BCUT2D eigenvalue weighted by Crippen LogP contribution is 2.33. The second kappa shape index (κ2) is 6.67. The van der Waals surface area contributed by atoms with Crippen LogP contribution in [0.5, 0.6) is 0 Å². The maximum atomic E-state index is 12.3. The van der Waals surface area contributed by atoms with Gasteiger partial charge in [-0.25, -0.2) is 9.97 Å². The zero-order valence-corrected chi connectivity index (χ0v) is 15.4. The first-order valence-corrected chi connectivity index (χ1v) is 9.00. The van der Waals surface area contributed by atoms with E-state index in [2.05, 4.69) is 33.7 Å². The Hall–Kier alpha value is -1.69. The third-order valence-electron chi connectivity index (χ3n) is 5.64. The number of amides is 1. The molecule has 0 bridgehead atoms. The quantitative estimate of drug-likeness (QED) is 0.824. The molecule has 0 unspecified atom stereocenters. The summed E-state index contributed by atoms with van der Waals surface area (Å²) >= 11 is 0. The van der Waals surface area contributed by atoms with Crippen molar-refractivity contribution in [3.63, 3.8) is 0 Å². The van der Waals surface area contributed by atoms with E-state index in [-0.39, 0.29) is 5.54 Å². The van der Waals surface area contributed by atoms with Crippen LogP contribution in [0.4, 0.5) is 5.95 Å². The minimum Gasteiger partial charge on any atom is -0.343 e. The molecule has 6 nitrogen and oxygen atoms in total. The second-order valence-electron chi connectivity index (χ2n) is 7.24. The van der Waals surface area contributed by atoms with Crippen molar-refractivity contribution in [2.45, 2.75) is 45.6 Å². The monoisotopic (exact) mass is 331 g/mol. The Labute approximate surface area is 144 Å². The number of hydrogen-bond donors (Lipinski definition) is 0. The number of rotatable bonds is 2. The first-order valence-electron chi connectivity index (χ1n) is 9.00. The number of carbonyl (C=O) groups excluding carboxylic acids is 1. The van der Waals surface area contributed by atoms with Crippen LogP contribution in [-0.2, 0) is 4.79 Å². The van der Waals surface area contributed by atoms with Crippen LogP contribution in [0.15, 0.2) is 6.07 Å². The van der Waals surface area contributed by atoms with Gasteiger partial charge in [0.05, 0.1) is 0 Å². The average molecular weight is 331 g/mol. The summed E-state index contributed by atoms with van der Waals surface area (Å²) in [5.74, 6) is 1.13. The van der Waals surface area contributed by atoms with Crippen molar-refractivity contribution in [1.29, 1.82) is 0 Å². The highest BCUT2D eigenvalue weighted by molar-refractivity contribution is 5.76. The molecule has 0 aliphatic carbocycles. The molecule has 1 aromatic rings. The zero-order valence-electron chi connectivity index (χ0n) is 15.4. The highest BCUT2D eigenvalue weighted by Gasteiger charge is 2.42. The molecule has 0 N–H and O–H groups in total. The van der Waals surface area contributed by atoms with Crippen LogP contribution in [0.25, 0.3) is 0 Å². The number of aryl methyl sites for hydroxylation is 2. The van der Waals surface area contributed by atoms with Crippen molar-refractivity contribution < 1.29 is 4.79 Å². The Bertz CT molecular complexity index is 599. The van der Waals surface area contributed by atoms with Crippen molar-refractivity contribution in [3.8, 4) is 0 Å². The molecule has 3 heterocycles. The fraction of sp³-hybridized carbons (Fsp3) is 0.722. The average Bonchev–Trinajstić information content (AvgIpc) is 2.69. The van der Waals surface area contributed by atoms with Crippen LogP contribution in [-0.4, -0.2) is 71.0 Å². The second-order valence-corrected chi connectivity index (χ2v) is 7.24. The summed E-state index contributed by atoms with van der Waals surface area (Å²) in [5.41, 5.74) is 2.07. The van der Waals surface area contributed by atoms with E-state index in [9.17, 15) is 4.79 Å². The lowest BCUT2D eigenvalue weighted by Crippen LogP contribution is -2.61. The largest absolute Gasteiger partial charge is 0.343 e. The van der Waals surface area contributed by atoms with Crippen LogP contribution >= 0.6 is 0 Å². The van der Waals surface area contributed by atoms with Gasteiger partial charge in [-0.2, -0.15) is 0 Å². The van der Waals surface area contributed by atoms with Gasteiger partial charge in [0.25, 0.3) is 0 Å². The van der Waals surface area contributed by atoms with Gasteiger partial charge < -0.3 is 9.80 Å². The summed E-state index contributed by atoms with van der Waals surface area (Å²) in [6, 6.07) is 2.01. The van der Waals surface area contributed by atoms with Crippen LogP contribution in [0, 0.1) is 13.8 Å². The summed E-state index contributed by atoms with van der Waals surface area (Å²) in [6.45, 7) is 10.6. The normalized spacial score (nSPS) is 26.1. The molecule has 132 valence electrons. The van der Waals surface area contributed by atoms with Gasteiger partial charge in [0.2, 0.25) is 11.9 Å². The van der Waals surface area contributed by atoms with Crippen molar-refractivity contribution >= 4 is 11.9 Å². The van der Waals surface area contributed by atoms with Crippen LogP contribution in [0.1, 0.15) is 37.6 Å². The van der Waals surface area contributed by atoms with E-state index < -0.39 is 0 Å².